The second-order valence-electron chi connectivity index (χ2n) is 4.28. The summed E-state index contributed by atoms with van der Waals surface area (Å²) in [4.78, 5) is 25.6. The molecule has 0 N–H and O–H groups in total. The highest BCUT2D eigenvalue weighted by Crippen LogP contribution is 2.29. The molecule has 4 nitrogen and oxygen atoms in total. The fraction of sp³-hybridized carbons (Fsp3) is 0.385. The summed E-state index contributed by atoms with van der Waals surface area (Å²) >= 11 is 12.0. The monoisotopic (exact) mass is 301 g/mol. The largest absolute Gasteiger partial charge is 0.467 e. The summed E-state index contributed by atoms with van der Waals surface area (Å²) in [6.45, 7) is 0.500. The number of amides is 1. The number of benzene rings is 1. The van der Waals surface area contributed by atoms with Gasteiger partial charge in [-0.25, -0.2) is 4.79 Å². The molecule has 0 radical (unpaired) electrons. The summed E-state index contributed by atoms with van der Waals surface area (Å²) in [6, 6.07) is 4.32. The second kappa shape index (κ2) is 5.80. The number of hydrogen-bond donors (Lipinski definition) is 0. The number of methoxy groups -OCH3 is 1. The summed E-state index contributed by atoms with van der Waals surface area (Å²) in [7, 11) is 1.31. The van der Waals surface area contributed by atoms with E-state index in [1.54, 1.807) is 18.2 Å². The third-order valence-corrected chi connectivity index (χ3v) is 3.79. The third-order valence-electron chi connectivity index (χ3n) is 3.16. The van der Waals surface area contributed by atoms with Crippen molar-refractivity contribution in [2.75, 3.05) is 13.7 Å². The minimum Gasteiger partial charge on any atom is -0.467 e. The summed E-state index contributed by atoms with van der Waals surface area (Å²) in [5.41, 5.74) is 0.238. The molecule has 0 aromatic heterocycles. The van der Waals surface area contributed by atoms with Crippen LogP contribution in [0.15, 0.2) is 18.2 Å². The summed E-state index contributed by atoms with van der Waals surface area (Å²) in [6.07, 6.45) is 1.36. The molecule has 1 saturated heterocycles. The van der Waals surface area contributed by atoms with Crippen molar-refractivity contribution in [1.29, 1.82) is 0 Å². The Morgan fingerprint density at radius 1 is 1.32 bits per heavy atom. The molecule has 0 spiro atoms. The molecule has 1 heterocycles. The molecule has 6 heteroatoms. The lowest BCUT2D eigenvalue weighted by atomic mass is 10.1. The highest BCUT2D eigenvalue weighted by Gasteiger charge is 2.36. The number of hydrogen-bond acceptors (Lipinski definition) is 3. The van der Waals surface area contributed by atoms with Crippen LogP contribution in [0.3, 0.4) is 0 Å². The molecule has 1 atom stereocenters. The molecular formula is C13H13Cl2NO3. The van der Waals surface area contributed by atoms with Crippen LogP contribution in [0.2, 0.25) is 10.0 Å². The number of nitrogens with zero attached hydrogens (tertiary/aromatic N) is 1. The molecule has 0 saturated carbocycles. The molecule has 1 aromatic rings. The number of carbonyl (C=O) groups excluding carboxylic acids is 2. The molecular weight excluding hydrogens is 289 g/mol. The Hall–Kier alpha value is -1.26. The first-order chi connectivity index (χ1) is 9.06. The average molecular weight is 302 g/mol. The van der Waals surface area contributed by atoms with Gasteiger partial charge in [0.1, 0.15) is 6.04 Å². The van der Waals surface area contributed by atoms with Crippen LogP contribution >= 0.6 is 23.2 Å². The van der Waals surface area contributed by atoms with E-state index in [2.05, 4.69) is 0 Å². The molecule has 1 unspecified atom stereocenters. The van der Waals surface area contributed by atoms with Crippen LogP contribution in [-0.2, 0) is 9.53 Å². The Morgan fingerprint density at radius 2 is 1.95 bits per heavy atom. The number of ether oxygens (including phenoxy) is 1. The Balaban J connectivity index is 2.31. The van der Waals surface area contributed by atoms with Gasteiger partial charge in [-0.2, -0.15) is 0 Å². The Morgan fingerprint density at radius 3 is 2.53 bits per heavy atom. The van der Waals surface area contributed by atoms with Crippen molar-refractivity contribution >= 4 is 35.1 Å². The van der Waals surface area contributed by atoms with Crippen molar-refractivity contribution in [1.82, 2.24) is 4.90 Å². The normalized spacial score (nSPS) is 18.5. The molecule has 1 aliphatic rings. The number of carbonyl (C=O) groups is 2. The topological polar surface area (TPSA) is 46.6 Å². The van der Waals surface area contributed by atoms with Gasteiger partial charge in [0.15, 0.2) is 0 Å². The maximum absolute atomic E-state index is 12.5. The zero-order valence-corrected chi connectivity index (χ0v) is 11.9. The van der Waals surface area contributed by atoms with E-state index in [0.29, 0.717) is 13.0 Å². The van der Waals surface area contributed by atoms with E-state index in [-0.39, 0.29) is 21.5 Å². The third kappa shape index (κ3) is 2.69. The maximum atomic E-state index is 12.5. The lowest BCUT2D eigenvalue weighted by Crippen LogP contribution is -2.41. The van der Waals surface area contributed by atoms with Crippen molar-refractivity contribution in [2.45, 2.75) is 18.9 Å². The van der Waals surface area contributed by atoms with Crippen molar-refractivity contribution < 1.29 is 14.3 Å². The lowest BCUT2D eigenvalue weighted by molar-refractivity contribution is -0.145. The Bertz CT molecular complexity index is 498. The first-order valence-corrected chi connectivity index (χ1v) is 6.64. The molecule has 2 rings (SSSR count). The van der Waals surface area contributed by atoms with Crippen molar-refractivity contribution in [2.24, 2.45) is 0 Å². The van der Waals surface area contributed by atoms with Crippen LogP contribution < -0.4 is 0 Å². The molecule has 1 amide bonds. The highest BCUT2D eigenvalue weighted by atomic mass is 35.5. The van der Waals surface area contributed by atoms with Gasteiger partial charge in [0.05, 0.1) is 22.7 Å². The van der Waals surface area contributed by atoms with Gasteiger partial charge in [0.2, 0.25) is 0 Å². The number of esters is 1. The highest BCUT2D eigenvalue weighted by molar-refractivity contribution is 6.39. The van der Waals surface area contributed by atoms with Crippen LogP contribution in [0.1, 0.15) is 23.2 Å². The quantitative estimate of drug-likeness (QED) is 0.789. The maximum Gasteiger partial charge on any atom is 0.328 e. The molecule has 0 aliphatic carbocycles. The van der Waals surface area contributed by atoms with Crippen LogP contribution in [0, 0.1) is 0 Å². The zero-order chi connectivity index (χ0) is 14.0. The van der Waals surface area contributed by atoms with Crippen molar-refractivity contribution in [3.8, 4) is 0 Å². The van der Waals surface area contributed by atoms with E-state index < -0.39 is 12.0 Å². The minimum absolute atomic E-state index is 0.238. The predicted octanol–water partition coefficient (Wildman–Crippen LogP) is 2.77. The number of rotatable bonds is 2. The summed E-state index contributed by atoms with van der Waals surface area (Å²) in [5, 5.41) is 0.570. The fourth-order valence-electron chi connectivity index (χ4n) is 2.24. The lowest BCUT2D eigenvalue weighted by Gasteiger charge is -2.23. The number of likely N-dealkylation sites (tertiary alicyclic amines) is 1. The Labute approximate surface area is 121 Å². The smallest absolute Gasteiger partial charge is 0.328 e. The first kappa shape index (κ1) is 14.2. The van der Waals surface area contributed by atoms with Crippen LogP contribution in [0.4, 0.5) is 0 Å². The summed E-state index contributed by atoms with van der Waals surface area (Å²) < 4.78 is 4.71. The first-order valence-electron chi connectivity index (χ1n) is 5.89. The van der Waals surface area contributed by atoms with Crippen LogP contribution in [0.5, 0.6) is 0 Å². The average Bonchev–Trinajstić information content (AvgIpc) is 2.86. The van der Waals surface area contributed by atoms with Crippen LogP contribution in [-0.4, -0.2) is 36.5 Å². The van der Waals surface area contributed by atoms with Gasteiger partial charge in [-0.1, -0.05) is 29.3 Å². The predicted molar refractivity (Wildman–Crippen MR) is 72.5 cm³/mol. The van der Waals surface area contributed by atoms with E-state index in [1.807, 2.05) is 0 Å². The molecule has 1 fully saturated rings. The molecule has 1 aliphatic heterocycles. The van der Waals surface area contributed by atoms with Gasteiger partial charge in [0.25, 0.3) is 5.91 Å². The molecule has 19 heavy (non-hydrogen) atoms. The van der Waals surface area contributed by atoms with Gasteiger partial charge in [0, 0.05) is 6.54 Å². The molecule has 102 valence electrons. The standard InChI is InChI=1S/C13H13Cl2NO3/c1-19-13(18)10-6-3-7-16(10)12(17)11-8(14)4-2-5-9(11)15/h2,4-5,10H,3,6-7H2,1H3. The van der Waals surface area contributed by atoms with Gasteiger partial charge < -0.3 is 9.64 Å². The van der Waals surface area contributed by atoms with E-state index in [9.17, 15) is 9.59 Å². The van der Waals surface area contributed by atoms with Gasteiger partial charge >= 0.3 is 5.97 Å². The zero-order valence-electron chi connectivity index (χ0n) is 10.4. The fourth-order valence-corrected chi connectivity index (χ4v) is 2.80. The van der Waals surface area contributed by atoms with Gasteiger partial charge in [-0.3, -0.25) is 4.79 Å². The van der Waals surface area contributed by atoms with E-state index in [1.165, 1.54) is 12.0 Å². The van der Waals surface area contributed by atoms with Gasteiger partial charge in [-0.15, -0.1) is 0 Å². The van der Waals surface area contributed by atoms with E-state index >= 15 is 0 Å². The minimum atomic E-state index is -0.551. The second-order valence-corrected chi connectivity index (χ2v) is 5.09. The molecule has 1 aromatic carbocycles. The SMILES string of the molecule is COC(=O)C1CCCN1C(=O)c1c(Cl)cccc1Cl. The Kier molecular flexibility index (Phi) is 4.32. The van der Waals surface area contributed by atoms with Gasteiger partial charge in [-0.05, 0) is 25.0 Å². The number of halogens is 2. The van der Waals surface area contributed by atoms with E-state index in [0.717, 1.165) is 6.42 Å². The van der Waals surface area contributed by atoms with Crippen molar-refractivity contribution in [3.63, 3.8) is 0 Å². The molecule has 0 bridgehead atoms. The van der Waals surface area contributed by atoms with E-state index in [4.69, 9.17) is 27.9 Å². The summed E-state index contributed by atoms with van der Waals surface area (Å²) in [5.74, 6) is -0.738. The van der Waals surface area contributed by atoms with Crippen molar-refractivity contribution in [3.05, 3.63) is 33.8 Å². The van der Waals surface area contributed by atoms with Crippen LogP contribution in [0.25, 0.3) is 0 Å².